The molecule has 0 spiro atoms. The minimum absolute atomic E-state index is 0.0233. The van der Waals surface area contributed by atoms with Gasteiger partial charge in [0, 0.05) is 23.0 Å². The molecule has 100 valence electrons. The average molecular weight is 334 g/mol. The molecule has 0 aromatic heterocycles. The van der Waals surface area contributed by atoms with E-state index in [1.165, 1.54) is 0 Å². The predicted molar refractivity (Wildman–Crippen MR) is 80.2 cm³/mol. The van der Waals surface area contributed by atoms with Gasteiger partial charge in [-0.15, -0.1) is 0 Å². The molecule has 1 rings (SSSR count). The van der Waals surface area contributed by atoms with Crippen molar-refractivity contribution in [2.24, 2.45) is 0 Å². The molecule has 1 amide bonds. The Labute approximate surface area is 121 Å². The number of carbonyl (C=O) groups is 1. The van der Waals surface area contributed by atoms with Crippen LogP contribution >= 0.6 is 27.5 Å². The highest BCUT2D eigenvalue weighted by Gasteiger charge is 2.10. The van der Waals surface area contributed by atoms with Gasteiger partial charge in [-0.25, -0.2) is 0 Å². The molecule has 0 heterocycles. The molecule has 0 radical (unpaired) electrons. The van der Waals surface area contributed by atoms with Gasteiger partial charge in [0.25, 0.3) is 0 Å². The van der Waals surface area contributed by atoms with Crippen molar-refractivity contribution in [3.8, 4) is 0 Å². The first-order valence-corrected chi connectivity index (χ1v) is 6.95. The Kier molecular flexibility index (Phi) is 5.63. The third-order valence-electron chi connectivity index (χ3n) is 2.21. The van der Waals surface area contributed by atoms with Gasteiger partial charge >= 0.3 is 0 Å². The van der Waals surface area contributed by atoms with Crippen molar-refractivity contribution in [1.29, 1.82) is 0 Å². The van der Waals surface area contributed by atoms with E-state index in [9.17, 15) is 4.79 Å². The maximum atomic E-state index is 11.7. The van der Waals surface area contributed by atoms with Crippen molar-refractivity contribution in [1.82, 2.24) is 5.32 Å². The van der Waals surface area contributed by atoms with Gasteiger partial charge in [-0.3, -0.25) is 4.79 Å². The fourth-order valence-electron chi connectivity index (χ4n) is 1.35. The largest absolute Gasteiger partial charge is 0.325 e. The first-order valence-electron chi connectivity index (χ1n) is 5.78. The Bertz CT molecular complexity index is 429. The van der Waals surface area contributed by atoms with Crippen LogP contribution in [0, 0.1) is 0 Å². The highest BCUT2D eigenvalue weighted by Crippen LogP contribution is 2.25. The lowest BCUT2D eigenvalue weighted by Crippen LogP contribution is -2.37. The molecule has 0 aliphatic rings. The number of benzene rings is 1. The van der Waals surface area contributed by atoms with Crippen molar-refractivity contribution in [3.63, 3.8) is 0 Å². The molecule has 0 fully saturated rings. The highest BCUT2D eigenvalue weighted by atomic mass is 79.9. The molecule has 0 atom stereocenters. The van der Waals surface area contributed by atoms with Crippen molar-refractivity contribution < 1.29 is 4.79 Å². The van der Waals surface area contributed by atoms with Gasteiger partial charge in [-0.05, 0) is 39.0 Å². The van der Waals surface area contributed by atoms with Gasteiger partial charge in [0.1, 0.15) is 0 Å². The quantitative estimate of drug-likeness (QED) is 0.879. The topological polar surface area (TPSA) is 41.1 Å². The Morgan fingerprint density at radius 3 is 2.61 bits per heavy atom. The van der Waals surface area contributed by atoms with Crippen LogP contribution in [0.2, 0.25) is 5.02 Å². The van der Waals surface area contributed by atoms with Crippen molar-refractivity contribution in [3.05, 3.63) is 27.7 Å². The fourth-order valence-corrected chi connectivity index (χ4v) is 2.08. The summed E-state index contributed by atoms with van der Waals surface area (Å²) in [6.07, 6.45) is 0.420. The number of hydrogen-bond acceptors (Lipinski definition) is 2. The molecule has 0 saturated carbocycles. The number of rotatable bonds is 4. The van der Waals surface area contributed by atoms with Crippen LogP contribution in [0.4, 0.5) is 5.69 Å². The summed E-state index contributed by atoms with van der Waals surface area (Å²) >= 11 is 9.34. The molecule has 0 unspecified atom stereocenters. The van der Waals surface area contributed by atoms with Gasteiger partial charge in [0.15, 0.2) is 0 Å². The van der Waals surface area contributed by atoms with E-state index >= 15 is 0 Å². The van der Waals surface area contributed by atoms with Crippen LogP contribution in [-0.4, -0.2) is 18.0 Å². The molecular weight excluding hydrogens is 316 g/mol. The molecule has 18 heavy (non-hydrogen) atoms. The maximum absolute atomic E-state index is 11.7. The zero-order chi connectivity index (χ0) is 13.8. The number of halogens is 2. The van der Waals surface area contributed by atoms with Crippen LogP contribution in [0.25, 0.3) is 0 Å². The SMILES string of the molecule is CC(C)(C)NCCC(=O)Nc1ccc(Br)cc1Cl. The van der Waals surface area contributed by atoms with Crippen molar-refractivity contribution >= 4 is 39.1 Å². The molecule has 3 nitrogen and oxygen atoms in total. The van der Waals surface area contributed by atoms with E-state index in [-0.39, 0.29) is 11.4 Å². The van der Waals surface area contributed by atoms with Crippen LogP contribution < -0.4 is 10.6 Å². The number of nitrogens with one attached hydrogen (secondary N) is 2. The number of hydrogen-bond donors (Lipinski definition) is 2. The maximum Gasteiger partial charge on any atom is 0.225 e. The summed E-state index contributed by atoms with van der Waals surface area (Å²) in [4.78, 5) is 11.7. The van der Waals surface area contributed by atoms with E-state index < -0.39 is 0 Å². The van der Waals surface area contributed by atoms with Crippen molar-refractivity contribution in [2.45, 2.75) is 32.7 Å². The van der Waals surface area contributed by atoms with E-state index in [4.69, 9.17) is 11.6 Å². The minimum Gasteiger partial charge on any atom is -0.325 e. The monoisotopic (exact) mass is 332 g/mol. The van der Waals surface area contributed by atoms with E-state index in [1.807, 2.05) is 6.07 Å². The Morgan fingerprint density at radius 2 is 2.06 bits per heavy atom. The molecule has 0 aliphatic heterocycles. The molecule has 5 heteroatoms. The van der Waals surface area contributed by atoms with Gasteiger partial charge in [0.05, 0.1) is 10.7 Å². The van der Waals surface area contributed by atoms with E-state index in [2.05, 4.69) is 47.3 Å². The lowest BCUT2D eigenvalue weighted by Gasteiger charge is -2.20. The normalized spacial score (nSPS) is 11.4. The lowest BCUT2D eigenvalue weighted by molar-refractivity contribution is -0.116. The molecular formula is C13H18BrClN2O. The predicted octanol–water partition coefficient (Wildman–Crippen LogP) is 3.82. The second-order valence-corrected chi connectivity index (χ2v) is 6.42. The zero-order valence-electron chi connectivity index (χ0n) is 10.8. The summed E-state index contributed by atoms with van der Waals surface area (Å²) in [6, 6.07) is 5.38. The third kappa shape index (κ3) is 5.85. The number of carbonyl (C=O) groups excluding carboxylic acids is 1. The molecule has 2 N–H and O–H groups in total. The molecule has 1 aromatic carbocycles. The molecule has 0 saturated heterocycles. The summed E-state index contributed by atoms with van der Waals surface area (Å²) in [5, 5.41) is 6.58. The standard InChI is InChI=1S/C13H18BrClN2O/c1-13(2,3)16-7-6-12(18)17-11-5-4-9(14)8-10(11)15/h4-5,8,16H,6-7H2,1-3H3,(H,17,18). The average Bonchev–Trinajstić information content (AvgIpc) is 2.20. The Morgan fingerprint density at radius 1 is 1.39 bits per heavy atom. The summed E-state index contributed by atoms with van der Waals surface area (Å²) < 4.78 is 0.889. The molecule has 0 aliphatic carbocycles. The summed E-state index contributed by atoms with van der Waals surface area (Å²) in [6.45, 7) is 6.84. The van der Waals surface area contributed by atoms with Gasteiger partial charge in [-0.1, -0.05) is 27.5 Å². The third-order valence-corrected chi connectivity index (χ3v) is 3.02. The van der Waals surface area contributed by atoms with E-state index in [0.29, 0.717) is 23.7 Å². The second kappa shape index (κ2) is 6.55. The summed E-state index contributed by atoms with van der Waals surface area (Å²) in [5.74, 6) is -0.0454. The Hall–Kier alpha value is -0.580. The summed E-state index contributed by atoms with van der Waals surface area (Å²) in [7, 11) is 0. The van der Waals surface area contributed by atoms with E-state index in [0.717, 1.165) is 4.47 Å². The fraction of sp³-hybridized carbons (Fsp3) is 0.462. The lowest BCUT2D eigenvalue weighted by atomic mass is 10.1. The summed E-state index contributed by atoms with van der Waals surface area (Å²) in [5.41, 5.74) is 0.663. The van der Waals surface area contributed by atoms with E-state index in [1.54, 1.807) is 12.1 Å². The molecule has 1 aromatic rings. The smallest absolute Gasteiger partial charge is 0.225 e. The van der Waals surface area contributed by atoms with Crippen LogP contribution in [0.15, 0.2) is 22.7 Å². The molecule has 0 bridgehead atoms. The first-order chi connectivity index (χ1) is 8.28. The van der Waals surface area contributed by atoms with Gasteiger partial charge in [-0.2, -0.15) is 0 Å². The van der Waals surface area contributed by atoms with Crippen LogP contribution in [0.5, 0.6) is 0 Å². The van der Waals surface area contributed by atoms with Gasteiger partial charge < -0.3 is 10.6 Å². The Balaban J connectivity index is 2.45. The van der Waals surface area contributed by atoms with Crippen molar-refractivity contribution in [2.75, 3.05) is 11.9 Å². The minimum atomic E-state index is -0.0454. The number of anilines is 1. The van der Waals surface area contributed by atoms with Crippen LogP contribution in [0.1, 0.15) is 27.2 Å². The van der Waals surface area contributed by atoms with Crippen LogP contribution in [-0.2, 0) is 4.79 Å². The van der Waals surface area contributed by atoms with Crippen LogP contribution in [0.3, 0.4) is 0 Å². The highest BCUT2D eigenvalue weighted by molar-refractivity contribution is 9.10. The second-order valence-electron chi connectivity index (χ2n) is 5.10. The first kappa shape index (κ1) is 15.5. The zero-order valence-corrected chi connectivity index (χ0v) is 13.2. The number of amides is 1. The van der Waals surface area contributed by atoms with Gasteiger partial charge in [0.2, 0.25) is 5.91 Å².